The van der Waals surface area contributed by atoms with Crippen molar-refractivity contribution in [2.24, 2.45) is 0 Å². The molecule has 3 aromatic rings. The number of aliphatic hydroxyl groups is 1. The van der Waals surface area contributed by atoms with Crippen LogP contribution in [0.2, 0.25) is 0 Å². The largest absolute Gasteiger partial charge is 0.487 e. The zero-order valence-corrected chi connectivity index (χ0v) is 17.8. The smallest absolute Gasteiger partial charge is 0.247 e. The highest BCUT2D eigenvalue weighted by Gasteiger charge is 2.43. The Hall–Kier alpha value is -3.20. The first-order chi connectivity index (χ1) is 15.7. The first-order valence-electron chi connectivity index (χ1n) is 11.3. The molecule has 0 unspecified atom stereocenters. The van der Waals surface area contributed by atoms with E-state index in [-0.39, 0.29) is 18.1 Å². The lowest BCUT2D eigenvalue weighted by Crippen LogP contribution is -2.35. The van der Waals surface area contributed by atoms with Crippen molar-refractivity contribution in [3.05, 3.63) is 41.9 Å². The molecule has 3 aliphatic rings. The van der Waals surface area contributed by atoms with Crippen LogP contribution in [0.1, 0.15) is 43.2 Å². The molecule has 1 aliphatic carbocycles. The molecule has 0 atom stereocenters. The summed E-state index contributed by atoms with van der Waals surface area (Å²) in [5.74, 6) is 3.67. The first-order valence-corrected chi connectivity index (χ1v) is 11.3. The number of aromatic nitrogens is 4. The number of ether oxygens (including phenoxy) is 1. The van der Waals surface area contributed by atoms with Crippen LogP contribution in [0.3, 0.4) is 0 Å². The highest BCUT2D eigenvalue weighted by atomic mass is 16.5. The Bertz CT molecular complexity index is 1110. The van der Waals surface area contributed by atoms with Crippen molar-refractivity contribution in [2.75, 3.05) is 36.5 Å². The van der Waals surface area contributed by atoms with E-state index in [2.05, 4.69) is 20.4 Å². The van der Waals surface area contributed by atoms with E-state index in [1.54, 1.807) is 0 Å². The second-order valence-electron chi connectivity index (χ2n) is 8.88. The number of piperidine rings is 1. The molecule has 0 amide bonds. The Kier molecular flexibility index (Phi) is 4.71. The number of hydrogen-bond donors (Lipinski definition) is 2. The molecular weight excluding hydrogens is 408 g/mol. The lowest BCUT2D eigenvalue weighted by molar-refractivity contribution is 0.265. The zero-order valence-electron chi connectivity index (χ0n) is 17.8. The third-order valence-corrected chi connectivity index (χ3v) is 6.64. The summed E-state index contributed by atoms with van der Waals surface area (Å²) in [5, 5.41) is 21.7. The van der Waals surface area contributed by atoms with Gasteiger partial charge in [-0.25, -0.2) is 4.98 Å². The number of hydrogen-bond acceptors (Lipinski definition) is 9. The Morgan fingerprint density at radius 2 is 1.91 bits per heavy atom. The van der Waals surface area contributed by atoms with E-state index in [4.69, 9.17) is 19.1 Å². The summed E-state index contributed by atoms with van der Waals surface area (Å²) in [6.07, 6.45) is 4.47. The second-order valence-corrected chi connectivity index (χ2v) is 8.88. The van der Waals surface area contributed by atoms with Crippen LogP contribution in [-0.4, -0.2) is 57.1 Å². The summed E-state index contributed by atoms with van der Waals surface area (Å²) in [4.78, 5) is 11.8. The summed E-state index contributed by atoms with van der Waals surface area (Å²) in [6.45, 7) is 2.36. The lowest BCUT2D eigenvalue weighted by Gasteiger charge is -2.31. The van der Waals surface area contributed by atoms with Gasteiger partial charge in [0, 0.05) is 31.0 Å². The molecule has 0 radical (unpaired) electrons. The number of nitrogens with one attached hydrogen (secondary N) is 1. The van der Waals surface area contributed by atoms with E-state index in [1.807, 2.05) is 30.3 Å². The van der Waals surface area contributed by atoms with Crippen molar-refractivity contribution >= 4 is 11.8 Å². The van der Waals surface area contributed by atoms with Gasteiger partial charge in [0.05, 0.1) is 24.4 Å². The summed E-state index contributed by atoms with van der Waals surface area (Å²) < 4.78 is 11.8. The molecular formula is C23H26N6O3. The van der Waals surface area contributed by atoms with Crippen LogP contribution in [0.5, 0.6) is 5.75 Å². The van der Waals surface area contributed by atoms with Crippen LogP contribution in [0.25, 0.3) is 11.5 Å². The third kappa shape index (κ3) is 3.56. The Balaban J connectivity index is 1.17. The molecule has 1 aromatic carbocycles. The molecule has 9 heteroatoms. The van der Waals surface area contributed by atoms with Crippen LogP contribution >= 0.6 is 0 Å². The van der Waals surface area contributed by atoms with Crippen molar-refractivity contribution < 1.29 is 14.3 Å². The van der Waals surface area contributed by atoms with E-state index >= 15 is 0 Å². The summed E-state index contributed by atoms with van der Waals surface area (Å²) in [6, 6.07) is 9.85. The average Bonchev–Trinajstić information content (AvgIpc) is 3.23. The van der Waals surface area contributed by atoms with Crippen LogP contribution < -0.4 is 15.0 Å². The van der Waals surface area contributed by atoms with Gasteiger partial charge in [-0.05, 0) is 37.8 Å². The first kappa shape index (κ1) is 19.5. The fourth-order valence-electron chi connectivity index (χ4n) is 4.43. The van der Waals surface area contributed by atoms with Gasteiger partial charge in [-0.3, -0.25) is 0 Å². The van der Waals surface area contributed by atoms with Gasteiger partial charge in [-0.15, -0.1) is 10.2 Å². The standard InChI is InChI=1S/C23H26N6O3/c30-14-23(9-10-23)26-19-18-17(8-13-31-18)24-22(25-19)29-11-6-16(7-12-29)21-28-27-20(32-21)15-4-2-1-3-5-15/h1-5,16,30H,6-14H2,(H,24,25,26). The summed E-state index contributed by atoms with van der Waals surface area (Å²) in [7, 11) is 0. The minimum Gasteiger partial charge on any atom is -0.487 e. The molecule has 2 fully saturated rings. The van der Waals surface area contributed by atoms with Gasteiger partial charge < -0.3 is 24.5 Å². The van der Waals surface area contributed by atoms with E-state index in [0.29, 0.717) is 24.2 Å². The molecule has 2 N–H and O–H groups in total. The van der Waals surface area contributed by atoms with Gasteiger partial charge in [0.2, 0.25) is 17.7 Å². The molecule has 2 aromatic heterocycles. The van der Waals surface area contributed by atoms with Crippen molar-refractivity contribution in [3.8, 4) is 17.2 Å². The molecule has 6 rings (SSSR count). The number of rotatable bonds is 6. The normalized spacial score (nSPS) is 19.5. The highest BCUT2D eigenvalue weighted by molar-refractivity contribution is 5.60. The Morgan fingerprint density at radius 1 is 1.09 bits per heavy atom. The lowest BCUT2D eigenvalue weighted by atomic mass is 9.97. The monoisotopic (exact) mass is 434 g/mol. The molecule has 0 bridgehead atoms. The maximum atomic E-state index is 9.72. The minimum atomic E-state index is -0.257. The van der Waals surface area contributed by atoms with Gasteiger partial charge in [0.25, 0.3) is 0 Å². The van der Waals surface area contributed by atoms with Crippen molar-refractivity contribution in [1.82, 2.24) is 20.2 Å². The molecule has 32 heavy (non-hydrogen) atoms. The fourth-order valence-corrected chi connectivity index (χ4v) is 4.43. The highest BCUT2D eigenvalue weighted by Crippen LogP contribution is 2.42. The Morgan fingerprint density at radius 3 is 2.66 bits per heavy atom. The number of benzene rings is 1. The van der Waals surface area contributed by atoms with Crippen LogP contribution in [0.4, 0.5) is 11.8 Å². The van der Waals surface area contributed by atoms with Gasteiger partial charge in [0.1, 0.15) is 0 Å². The molecule has 4 heterocycles. The van der Waals surface area contributed by atoms with E-state index in [1.165, 1.54) is 0 Å². The van der Waals surface area contributed by atoms with Crippen molar-refractivity contribution in [2.45, 2.75) is 43.6 Å². The SMILES string of the molecule is OCC1(Nc2nc(N3CCC(c4nnc(-c5ccccc5)o4)CC3)nc3c2OCC3)CC1. The summed E-state index contributed by atoms with van der Waals surface area (Å²) >= 11 is 0. The number of fused-ring (bicyclic) bond motifs is 1. The topological polar surface area (TPSA) is 109 Å². The Labute approximate surface area is 185 Å². The molecule has 166 valence electrons. The predicted octanol–water partition coefficient (Wildman–Crippen LogP) is 2.78. The molecule has 1 saturated carbocycles. The molecule has 1 saturated heterocycles. The molecule has 0 spiro atoms. The van der Waals surface area contributed by atoms with Gasteiger partial charge >= 0.3 is 0 Å². The average molecular weight is 435 g/mol. The van der Waals surface area contributed by atoms with Crippen LogP contribution in [0, 0.1) is 0 Å². The van der Waals surface area contributed by atoms with Gasteiger partial charge in [-0.1, -0.05) is 18.2 Å². The zero-order chi connectivity index (χ0) is 21.5. The van der Waals surface area contributed by atoms with Gasteiger partial charge in [0.15, 0.2) is 11.6 Å². The van der Waals surface area contributed by atoms with Crippen molar-refractivity contribution in [1.29, 1.82) is 0 Å². The van der Waals surface area contributed by atoms with E-state index in [0.717, 1.165) is 68.1 Å². The number of anilines is 2. The fraction of sp³-hybridized carbons (Fsp3) is 0.478. The summed E-state index contributed by atoms with van der Waals surface area (Å²) in [5.41, 5.74) is 1.62. The molecule has 9 nitrogen and oxygen atoms in total. The van der Waals surface area contributed by atoms with E-state index in [9.17, 15) is 5.11 Å². The maximum Gasteiger partial charge on any atom is 0.247 e. The van der Waals surface area contributed by atoms with Gasteiger partial charge in [-0.2, -0.15) is 4.98 Å². The van der Waals surface area contributed by atoms with Crippen LogP contribution in [-0.2, 0) is 6.42 Å². The third-order valence-electron chi connectivity index (χ3n) is 6.64. The quantitative estimate of drug-likeness (QED) is 0.605. The van der Waals surface area contributed by atoms with Crippen LogP contribution in [0.15, 0.2) is 34.7 Å². The van der Waals surface area contributed by atoms with E-state index < -0.39 is 0 Å². The van der Waals surface area contributed by atoms with Crippen molar-refractivity contribution in [3.63, 3.8) is 0 Å². The molecule has 2 aliphatic heterocycles. The predicted molar refractivity (Wildman–Crippen MR) is 118 cm³/mol. The maximum absolute atomic E-state index is 9.72. The number of nitrogens with zero attached hydrogens (tertiary/aromatic N) is 5. The number of aliphatic hydroxyl groups excluding tert-OH is 1. The second kappa shape index (κ2) is 7.74. The minimum absolute atomic E-state index is 0.0989.